The van der Waals surface area contributed by atoms with Gasteiger partial charge in [-0.25, -0.2) is 4.98 Å². The van der Waals surface area contributed by atoms with E-state index in [-0.39, 0.29) is 11.6 Å². The number of anilines is 1. The summed E-state index contributed by atoms with van der Waals surface area (Å²) in [5.41, 5.74) is 0.329. The molecular weight excluding hydrogens is 208 g/mol. The number of aromatic nitrogens is 3. The van der Waals surface area contributed by atoms with Crippen LogP contribution in [0.4, 0.5) is 5.69 Å². The molecule has 0 atom stereocenters. The third kappa shape index (κ3) is 2.00. The summed E-state index contributed by atoms with van der Waals surface area (Å²) >= 11 is 0. The van der Waals surface area contributed by atoms with Crippen LogP contribution >= 0.6 is 0 Å². The van der Waals surface area contributed by atoms with Crippen LogP contribution in [0.3, 0.4) is 0 Å². The zero-order valence-corrected chi connectivity index (χ0v) is 8.56. The molecule has 82 valence electrons. The van der Waals surface area contributed by atoms with Gasteiger partial charge in [-0.1, -0.05) is 12.1 Å². The van der Waals surface area contributed by atoms with Crippen molar-refractivity contribution in [2.24, 2.45) is 0 Å². The molecule has 0 aliphatic carbocycles. The number of carbonyl (C=O) groups is 1. The lowest BCUT2D eigenvalue weighted by molar-refractivity contribution is 0.101. The standard InChI is InChI=1S/C10H10N4O2/c1-6-11-9(14-13-6)10(16)12-7-4-2-3-5-8(7)15/h2-5,15H,1H3,(H,12,16)(H,11,13,14). The molecule has 16 heavy (non-hydrogen) atoms. The van der Waals surface area contributed by atoms with Gasteiger partial charge in [0.2, 0.25) is 5.82 Å². The molecule has 6 heteroatoms. The molecule has 0 fully saturated rings. The number of nitrogens with one attached hydrogen (secondary N) is 2. The number of nitrogens with zero attached hydrogens (tertiary/aromatic N) is 2. The van der Waals surface area contributed by atoms with Crippen LogP contribution in [-0.2, 0) is 0 Å². The number of hydrogen-bond acceptors (Lipinski definition) is 4. The van der Waals surface area contributed by atoms with Crippen molar-refractivity contribution in [2.75, 3.05) is 5.32 Å². The first-order valence-corrected chi connectivity index (χ1v) is 4.65. The lowest BCUT2D eigenvalue weighted by Gasteiger charge is -2.03. The minimum absolute atomic E-state index is 0.00288. The summed E-state index contributed by atoms with van der Waals surface area (Å²) in [5.74, 6) is 0.136. The Balaban J connectivity index is 2.17. The molecule has 1 aromatic carbocycles. The van der Waals surface area contributed by atoms with Gasteiger partial charge >= 0.3 is 0 Å². The molecule has 0 radical (unpaired) electrons. The number of phenols is 1. The van der Waals surface area contributed by atoms with E-state index in [1.807, 2.05) is 0 Å². The fourth-order valence-corrected chi connectivity index (χ4v) is 1.20. The van der Waals surface area contributed by atoms with Gasteiger partial charge in [-0.05, 0) is 19.1 Å². The van der Waals surface area contributed by atoms with E-state index < -0.39 is 5.91 Å². The highest BCUT2D eigenvalue weighted by Crippen LogP contribution is 2.21. The first-order chi connectivity index (χ1) is 7.66. The van der Waals surface area contributed by atoms with E-state index in [0.29, 0.717) is 11.5 Å². The van der Waals surface area contributed by atoms with Crippen LogP contribution in [0, 0.1) is 6.92 Å². The zero-order valence-electron chi connectivity index (χ0n) is 8.56. The molecule has 1 heterocycles. The predicted octanol–water partition coefficient (Wildman–Crippen LogP) is 1.07. The Kier molecular flexibility index (Phi) is 2.55. The third-order valence-corrected chi connectivity index (χ3v) is 1.95. The highest BCUT2D eigenvalue weighted by atomic mass is 16.3. The van der Waals surface area contributed by atoms with E-state index in [0.717, 1.165) is 0 Å². The van der Waals surface area contributed by atoms with Gasteiger partial charge in [0, 0.05) is 0 Å². The van der Waals surface area contributed by atoms with Crippen molar-refractivity contribution >= 4 is 11.6 Å². The summed E-state index contributed by atoms with van der Waals surface area (Å²) in [5, 5.41) is 18.2. The lowest BCUT2D eigenvalue weighted by Crippen LogP contribution is -2.13. The number of amides is 1. The van der Waals surface area contributed by atoms with Gasteiger partial charge in [-0.3, -0.25) is 9.89 Å². The van der Waals surface area contributed by atoms with Crippen molar-refractivity contribution < 1.29 is 9.90 Å². The van der Waals surface area contributed by atoms with Crippen LogP contribution in [0.2, 0.25) is 0 Å². The van der Waals surface area contributed by atoms with Crippen LogP contribution in [0.5, 0.6) is 5.75 Å². The van der Waals surface area contributed by atoms with E-state index in [2.05, 4.69) is 20.5 Å². The SMILES string of the molecule is Cc1nc(C(=O)Nc2ccccc2O)n[nH]1. The molecule has 0 bridgehead atoms. The van der Waals surface area contributed by atoms with Crippen LogP contribution in [0.25, 0.3) is 0 Å². The molecular formula is C10H10N4O2. The molecule has 2 rings (SSSR count). The zero-order chi connectivity index (χ0) is 11.5. The van der Waals surface area contributed by atoms with Crippen molar-refractivity contribution in [3.63, 3.8) is 0 Å². The number of phenolic OH excluding ortho intramolecular Hbond substituents is 1. The first-order valence-electron chi connectivity index (χ1n) is 4.65. The van der Waals surface area contributed by atoms with Gasteiger partial charge in [0.1, 0.15) is 11.6 Å². The molecule has 0 unspecified atom stereocenters. The summed E-state index contributed by atoms with van der Waals surface area (Å²) < 4.78 is 0. The number of para-hydroxylation sites is 2. The molecule has 3 N–H and O–H groups in total. The number of H-pyrrole nitrogens is 1. The molecule has 2 aromatic rings. The van der Waals surface area contributed by atoms with Gasteiger partial charge in [0.05, 0.1) is 5.69 Å². The number of benzene rings is 1. The second kappa shape index (κ2) is 4.01. The maximum atomic E-state index is 11.6. The van der Waals surface area contributed by atoms with Crippen LogP contribution < -0.4 is 5.32 Å². The molecule has 0 aliphatic rings. The number of aromatic amines is 1. The van der Waals surface area contributed by atoms with Crippen molar-refractivity contribution in [3.8, 4) is 5.75 Å². The predicted molar refractivity (Wildman–Crippen MR) is 57.2 cm³/mol. The Hall–Kier alpha value is -2.37. The highest BCUT2D eigenvalue weighted by molar-refractivity contribution is 6.02. The maximum absolute atomic E-state index is 11.6. The summed E-state index contributed by atoms with van der Waals surface area (Å²) in [7, 11) is 0. The molecule has 0 spiro atoms. The van der Waals surface area contributed by atoms with E-state index >= 15 is 0 Å². The minimum atomic E-state index is -0.467. The van der Waals surface area contributed by atoms with Crippen LogP contribution in [0.15, 0.2) is 24.3 Å². The second-order valence-corrected chi connectivity index (χ2v) is 3.22. The average Bonchev–Trinajstić information content (AvgIpc) is 2.68. The monoisotopic (exact) mass is 218 g/mol. The van der Waals surface area contributed by atoms with E-state index in [9.17, 15) is 9.90 Å². The van der Waals surface area contributed by atoms with Gasteiger partial charge in [0.15, 0.2) is 0 Å². The second-order valence-electron chi connectivity index (χ2n) is 3.22. The Morgan fingerprint density at radius 2 is 2.19 bits per heavy atom. The highest BCUT2D eigenvalue weighted by Gasteiger charge is 2.12. The quantitative estimate of drug-likeness (QED) is 0.657. The summed E-state index contributed by atoms with van der Waals surface area (Å²) in [6, 6.07) is 6.45. The Labute approximate surface area is 91.3 Å². The molecule has 0 saturated carbocycles. The molecule has 1 aromatic heterocycles. The average molecular weight is 218 g/mol. The molecule has 6 nitrogen and oxygen atoms in total. The number of rotatable bonds is 2. The van der Waals surface area contributed by atoms with Gasteiger partial charge in [0.25, 0.3) is 5.91 Å². The van der Waals surface area contributed by atoms with Crippen LogP contribution in [-0.4, -0.2) is 26.2 Å². The smallest absolute Gasteiger partial charge is 0.295 e. The van der Waals surface area contributed by atoms with Crippen LogP contribution in [0.1, 0.15) is 16.4 Å². The number of carbonyl (C=O) groups excluding carboxylic acids is 1. The third-order valence-electron chi connectivity index (χ3n) is 1.95. The van der Waals surface area contributed by atoms with E-state index in [1.54, 1.807) is 25.1 Å². The van der Waals surface area contributed by atoms with Gasteiger partial charge in [-0.2, -0.15) is 0 Å². The minimum Gasteiger partial charge on any atom is -0.506 e. The van der Waals surface area contributed by atoms with Crippen molar-refractivity contribution in [2.45, 2.75) is 6.92 Å². The Morgan fingerprint density at radius 1 is 1.44 bits per heavy atom. The number of aryl methyl sites for hydroxylation is 1. The summed E-state index contributed by atoms with van der Waals surface area (Å²) in [4.78, 5) is 15.5. The summed E-state index contributed by atoms with van der Waals surface area (Å²) in [6.45, 7) is 1.70. The van der Waals surface area contributed by atoms with E-state index in [4.69, 9.17) is 0 Å². The first kappa shape index (κ1) is 10.2. The lowest BCUT2D eigenvalue weighted by atomic mass is 10.3. The summed E-state index contributed by atoms with van der Waals surface area (Å²) in [6.07, 6.45) is 0. The Morgan fingerprint density at radius 3 is 2.81 bits per heavy atom. The maximum Gasteiger partial charge on any atom is 0.295 e. The topological polar surface area (TPSA) is 90.9 Å². The Bertz CT molecular complexity index is 521. The van der Waals surface area contributed by atoms with Gasteiger partial charge in [-0.15, -0.1) is 5.10 Å². The van der Waals surface area contributed by atoms with Gasteiger partial charge < -0.3 is 10.4 Å². The van der Waals surface area contributed by atoms with Crippen molar-refractivity contribution in [1.29, 1.82) is 0 Å². The van der Waals surface area contributed by atoms with Crippen molar-refractivity contribution in [3.05, 3.63) is 35.9 Å². The molecule has 1 amide bonds. The number of hydrogen-bond donors (Lipinski definition) is 3. The molecule has 0 aliphatic heterocycles. The largest absolute Gasteiger partial charge is 0.506 e. The van der Waals surface area contributed by atoms with Crippen molar-refractivity contribution in [1.82, 2.24) is 15.2 Å². The molecule has 0 saturated heterocycles. The normalized spacial score (nSPS) is 10.1. The van der Waals surface area contributed by atoms with E-state index in [1.165, 1.54) is 6.07 Å². The fourth-order valence-electron chi connectivity index (χ4n) is 1.20. The fraction of sp³-hybridized carbons (Fsp3) is 0.100. The number of aromatic hydroxyl groups is 1.